The van der Waals surface area contributed by atoms with Crippen LogP contribution < -0.4 is 5.32 Å². The topological polar surface area (TPSA) is 46.2 Å². The second-order valence-electron chi connectivity index (χ2n) is 6.04. The van der Waals surface area contributed by atoms with E-state index in [1.807, 2.05) is 12.1 Å². The number of hydrogen-bond donors (Lipinski definition) is 1. The summed E-state index contributed by atoms with van der Waals surface area (Å²) >= 11 is 0. The van der Waals surface area contributed by atoms with Gasteiger partial charge in [0.15, 0.2) is 9.84 Å². The van der Waals surface area contributed by atoms with E-state index in [0.29, 0.717) is 11.3 Å². The zero-order chi connectivity index (χ0) is 14.6. The molecule has 112 valence electrons. The lowest BCUT2D eigenvalue weighted by molar-refractivity contribution is 0.464. The Bertz CT molecular complexity index is 537. The molecule has 0 saturated carbocycles. The number of benzene rings is 1. The van der Waals surface area contributed by atoms with Crippen LogP contribution >= 0.6 is 0 Å². The molecule has 4 heteroatoms. The third-order valence-electron chi connectivity index (χ3n) is 3.90. The lowest BCUT2D eigenvalue weighted by Crippen LogP contribution is -2.30. The van der Waals surface area contributed by atoms with Crippen molar-refractivity contribution in [2.24, 2.45) is 5.92 Å². The van der Waals surface area contributed by atoms with Gasteiger partial charge in [-0.15, -0.1) is 0 Å². The number of nitrogens with one attached hydrogen (secondary N) is 1. The van der Waals surface area contributed by atoms with E-state index < -0.39 is 9.84 Å². The van der Waals surface area contributed by atoms with E-state index in [9.17, 15) is 8.42 Å². The molecular weight excluding hydrogens is 270 g/mol. The summed E-state index contributed by atoms with van der Waals surface area (Å²) in [5.41, 5.74) is 0.947. The molecule has 0 saturated heterocycles. The maximum absolute atomic E-state index is 12.0. The summed E-state index contributed by atoms with van der Waals surface area (Å²) in [5, 5.41) is 3.52. The molecule has 1 aliphatic rings. The van der Waals surface area contributed by atoms with Crippen LogP contribution in [0, 0.1) is 5.92 Å². The molecule has 1 aromatic rings. The van der Waals surface area contributed by atoms with Crippen molar-refractivity contribution in [3.05, 3.63) is 29.8 Å². The van der Waals surface area contributed by atoms with Crippen molar-refractivity contribution in [3.63, 3.8) is 0 Å². The first kappa shape index (κ1) is 15.5. The van der Waals surface area contributed by atoms with E-state index in [-0.39, 0.29) is 11.8 Å². The van der Waals surface area contributed by atoms with Gasteiger partial charge in [-0.25, -0.2) is 8.42 Å². The van der Waals surface area contributed by atoms with Crippen LogP contribution in [-0.2, 0) is 9.84 Å². The van der Waals surface area contributed by atoms with E-state index in [0.717, 1.165) is 24.4 Å². The van der Waals surface area contributed by atoms with Gasteiger partial charge in [-0.1, -0.05) is 44.9 Å². The average molecular weight is 295 g/mol. The van der Waals surface area contributed by atoms with Crippen LogP contribution in [0.4, 0.5) is 0 Å². The fourth-order valence-corrected chi connectivity index (χ4v) is 4.38. The number of hydrogen-bond acceptors (Lipinski definition) is 3. The fourth-order valence-electron chi connectivity index (χ4n) is 2.76. The first-order valence-electron chi connectivity index (χ1n) is 7.56. The predicted octanol–water partition coefficient (Wildman–Crippen LogP) is 3.32. The zero-order valence-corrected chi connectivity index (χ0v) is 13.2. The first-order chi connectivity index (χ1) is 9.50. The molecule has 3 nitrogen and oxygen atoms in total. The third-order valence-corrected chi connectivity index (χ3v) is 5.72. The highest BCUT2D eigenvalue weighted by Crippen LogP contribution is 2.31. The van der Waals surface area contributed by atoms with E-state index in [1.54, 1.807) is 12.1 Å². The molecule has 0 aliphatic carbocycles. The van der Waals surface area contributed by atoms with Crippen molar-refractivity contribution in [2.75, 3.05) is 12.3 Å². The van der Waals surface area contributed by atoms with Crippen molar-refractivity contribution in [1.82, 2.24) is 5.32 Å². The van der Waals surface area contributed by atoms with Gasteiger partial charge in [-0.2, -0.15) is 0 Å². The van der Waals surface area contributed by atoms with Crippen LogP contribution in [0.3, 0.4) is 0 Å². The molecule has 0 bridgehead atoms. The highest BCUT2D eigenvalue weighted by molar-refractivity contribution is 7.91. The summed E-state index contributed by atoms with van der Waals surface area (Å²) in [6.45, 7) is 5.46. The molecule has 0 spiro atoms. The second-order valence-corrected chi connectivity index (χ2v) is 8.12. The molecule has 0 amide bonds. The Labute approximate surface area is 122 Å². The van der Waals surface area contributed by atoms with Crippen molar-refractivity contribution >= 4 is 9.84 Å². The van der Waals surface area contributed by atoms with Crippen molar-refractivity contribution in [2.45, 2.75) is 50.5 Å². The molecule has 20 heavy (non-hydrogen) atoms. The molecule has 1 unspecified atom stereocenters. The van der Waals surface area contributed by atoms with Gasteiger partial charge in [0.2, 0.25) is 0 Å². The molecule has 0 aromatic heterocycles. The summed E-state index contributed by atoms with van der Waals surface area (Å²) in [5.74, 6) is 1.02. The summed E-state index contributed by atoms with van der Waals surface area (Å²) in [7, 11) is -3.06. The summed E-state index contributed by atoms with van der Waals surface area (Å²) in [6, 6.07) is 7.60. The Morgan fingerprint density at radius 2 is 2.00 bits per heavy atom. The van der Waals surface area contributed by atoms with Gasteiger partial charge in [0.1, 0.15) is 0 Å². The monoisotopic (exact) mass is 295 g/mol. The SMILES string of the molecule is CC(C)CCCCNC1CCS(=O)(=O)c2ccccc21. The van der Waals surface area contributed by atoms with E-state index >= 15 is 0 Å². The Balaban J connectivity index is 1.94. The molecule has 1 aliphatic heterocycles. The fraction of sp³-hybridized carbons (Fsp3) is 0.625. The van der Waals surface area contributed by atoms with Crippen LogP contribution in [0.25, 0.3) is 0 Å². The molecule has 1 aromatic carbocycles. The van der Waals surface area contributed by atoms with E-state index in [2.05, 4.69) is 19.2 Å². The highest BCUT2D eigenvalue weighted by atomic mass is 32.2. The Morgan fingerprint density at radius 3 is 2.75 bits per heavy atom. The zero-order valence-electron chi connectivity index (χ0n) is 12.4. The number of sulfone groups is 1. The van der Waals surface area contributed by atoms with Gasteiger partial charge in [-0.05, 0) is 36.9 Å². The number of fused-ring (bicyclic) bond motifs is 1. The Hall–Kier alpha value is -0.870. The van der Waals surface area contributed by atoms with Gasteiger partial charge < -0.3 is 5.32 Å². The second kappa shape index (κ2) is 6.72. The van der Waals surface area contributed by atoms with Gasteiger partial charge >= 0.3 is 0 Å². The molecular formula is C16H25NO2S. The number of rotatable bonds is 6. The molecule has 2 rings (SSSR count). The Morgan fingerprint density at radius 1 is 1.25 bits per heavy atom. The van der Waals surface area contributed by atoms with Crippen molar-refractivity contribution in [3.8, 4) is 0 Å². The maximum atomic E-state index is 12.0. The minimum Gasteiger partial charge on any atom is -0.310 e. The quantitative estimate of drug-likeness (QED) is 0.819. The summed E-state index contributed by atoms with van der Waals surface area (Å²) in [6.07, 6.45) is 4.34. The minimum atomic E-state index is -3.06. The first-order valence-corrected chi connectivity index (χ1v) is 9.21. The molecule has 1 N–H and O–H groups in total. The van der Waals surface area contributed by atoms with E-state index in [4.69, 9.17) is 0 Å². The molecule has 0 radical (unpaired) electrons. The smallest absolute Gasteiger partial charge is 0.178 e. The molecule has 0 fully saturated rings. The van der Waals surface area contributed by atoms with Crippen molar-refractivity contribution < 1.29 is 8.42 Å². The summed E-state index contributed by atoms with van der Waals surface area (Å²) < 4.78 is 24.1. The standard InChI is InChI=1S/C16H25NO2S/c1-13(2)7-5-6-11-17-15-10-12-20(18,19)16-9-4-3-8-14(15)16/h3-4,8-9,13,15,17H,5-7,10-12H2,1-2H3. The lowest BCUT2D eigenvalue weighted by atomic mass is 10.0. The maximum Gasteiger partial charge on any atom is 0.178 e. The Kier molecular flexibility index (Phi) is 5.22. The largest absolute Gasteiger partial charge is 0.310 e. The predicted molar refractivity (Wildman–Crippen MR) is 82.5 cm³/mol. The van der Waals surface area contributed by atoms with Gasteiger partial charge in [0.05, 0.1) is 10.6 Å². The lowest BCUT2D eigenvalue weighted by Gasteiger charge is -2.26. The van der Waals surface area contributed by atoms with Gasteiger partial charge in [0.25, 0.3) is 0 Å². The third kappa shape index (κ3) is 3.83. The number of unbranched alkanes of at least 4 members (excludes halogenated alkanes) is 1. The minimum absolute atomic E-state index is 0.189. The highest BCUT2D eigenvalue weighted by Gasteiger charge is 2.29. The van der Waals surface area contributed by atoms with Crippen molar-refractivity contribution in [1.29, 1.82) is 0 Å². The van der Waals surface area contributed by atoms with Gasteiger partial charge in [-0.3, -0.25) is 0 Å². The van der Waals surface area contributed by atoms with Crippen LogP contribution in [0.2, 0.25) is 0 Å². The average Bonchev–Trinajstić information content (AvgIpc) is 2.41. The van der Waals surface area contributed by atoms with Crippen LogP contribution in [0.15, 0.2) is 29.2 Å². The normalized spacial score (nSPS) is 20.9. The van der Waals surface area contributed by atoms with Crippen LogP contribution in [0.5, 0.6) is 0 Å². The van der Waals surface area contributed by atoms with Gasteiger partial charge in [0, 0.05) is 6.04 Å². The van der Waals surface area contributed by atoms with E-state index in [1.165, 1.54) is 12.8 Å². The van der Waals surface area contributed by atoms with Crippen LogP contribution in [-0.4, -0.2) is 20.7 Å². The molecule has 1 atom stereocenters. The summed E-state index contributed by atoms with van der Waals surface area (Å²) in [4.78, 5) is 0.519. The van der Waals surface area contributed by atoms with Crippen LogP contribution in [0.1, 0.15) is 51.1 Å². The molecule has 1 heterocycles.